The molecule has 1 aliphatic heterocycles. The van der Waals surface area contributed by atoms with Crippen LogP contribution in [-0.2, 0) is 9.59 Å². The molecule has 2 amide bonds. The van der Waals surface area contributed by atoms with E-state index in [2.05, 4.69) is 5.32 Å². The first kappa shape index (κ1) is 16.5. The number of nitrogens with zero attached hydrogens (tertiary/aromatic N) is 1. The standard InChI is InChI=1S/C19H19ClN2O2/c1-22-17(23)12-11-16(18(22)13-5-3-2-4-6-13)19(24)21-15-9-7-14(20)8-10-15/h2-10,16,18H,11-12H2,1H3,(H,21,24)/t16-,18+/m1/s1. The number of hydrogen-bond donors (Lipinski definition) is 1. The number of likely N-dealkylation sites (tertiary alicyclic amines) is 1. The number of rotatable bonds is 3. The zero-order valence-corrected chi connectivity index (χ0v) is 14.2. The predicted octanol–water partition coefficient (Wildman–Crippen LogP) is 3.89. The van der Waals surface area contributed by atoms with Crippen LogP contribution in [0, 0.1) is 5.92 Å². The lowest BCUT2D eigenvalue weighted by Crippen LogP contribution is -2.44. The Morgan fingerprint density at radius 2 is 1.79 bits per heavy atom. The van der Waals surface area contributed by atoms with E-state index in [1.807, 2.05) is 30.3 Å². The smallest absolute Gasteiger partial charge is 0.229 e. The van der Waals surface area contributed by atoms with E-state index in [0.717, 1.165) is 5.56 Å². The minimum Gasteiger partial charge on any atom is -0.338 e. The van der Waals surface area contributed by atoms with E-state index in [-0.39, 0.29) is 23.8 Å². The van der Waals surface area contributed by atoms with E-state index >= 15 is 0 Å². The molecule has 3 rings (SSSR count). The highest BCUT2D eigenvalue weighted by Gasteiger charge is 2.38. The molecule has 0 unspecified atom stereocenters. The highest BCUT2D eigenvalue weighted by atomic mass is 35.5. The maximum absolute atomic E-state index is 12.8. The quantitative estimate of drug-likeness (QED) is 0.920. The lowest BCUT2D eigenvalue weighted by Gasteiger charge is -2.38. The highest BCUT2D eigenvalue weighted by molar-refractivity contribution is 6.30. The molecule has 5 heteroatoms. The number of carbonyl (C=O) groups is 2. The molecule has 1 aliphatic rings. The average molecular weight is 343 g/mol. The summed E-state index contributed by atoms with van der Waals surface area (Å²) in [5, 5.41) is 3.56. The third kappa shape index (κ3) is 3.44. The Kier molecular flexibility index (Phi) is 4.86. The molecule has 24 heavy (non-hydrogen) atoms. The van der Waals surface area contributed by atoms with Crippen LogP contribution >= 0.6 is 11.6 Å². The predicted molar refractivity (Wildman–Crippen MR) is 94.8 cm³/mol. The largest absolute Gasteiger partial charge is 0.338 e. The number of halogens is 1. The van der Waals surface area contributed by atoms with Crippen LogP contribution in [0.2, 0.25) is 5.02 Å². The molecule has 0 radical (unpaired) electrons. The molecule has 2 atom stereocenters. The van der Waals surface area contributed by atoms with Crippen molar-refractivity contribution >= 4 is 29.1 Å². The van der Waals surface area contributed by atoms with Gasteiger partial charge in [-0.2, -0.15) is 0 Å². The molecule has 2 aromatic rings. The van der Waals surface area contributed by atoms with E-state index in [1.54, 1.807) is 36.2 Å². The molecule has 1 fully saturated rings. The van der Waals surface area contributed by atoms with Crippen molar-refractivity contribution < 1.29 is 9.59 Å². The number of anilines is 1. The summed E-state index contributed by atoms with van der Waals surface area (Å²) in [6.07, 6.45) is 0.931. The van der Waals surface area contributed by atoms with E-state index in [0.29, 0.717) is 23.6 Å². The monoisotopic (exact) mass is 342 g/mol. The van der Waals surface area contributed by atoms with Crippen molar-refractivity contribution in [3.05, 3.63) is 65.2 Å². The fraction of sp³-hybridized carbons (Fsp3) is 0.263. The Bertz CT molecular complexity index is 731. The average Bonchev–Trinajstić information content (AvgIpc) is 2.60. The van der Waals surface area contributed by atoms with Crippen LogP contribution in [-0.4, -0.2) is 23.8 Å². The second-order valence-corrected chi connectivity index (χ2v) is 6.44. The summed E-state index contributed by atoms with van der Waals surface area (Å²) in [7, 11) is 1.77. The molecular weight excluding hydrogens is 324 g/mol. The van der Waals surface area contributed by atoms with Crippen LogP contribution in [0.25, 0.3) is 0 Å². The molecule has 124 valence electrons. The number of piperidine rings is 1. The van der Waals surface area contributed by atoms with Gasteiger partial charge in [0, 0.05) is 24.2 Å². The maximum Gasteiger partial charge on any atom is 0.229 e. The summed E-state index contributed by atoms with van der Waals surface area (Å²) >= 11 is 5.88. The molecule has 2 aromatic carbocycles. The van der Waals surface area contributed by atoms with Gasteiger partial charge in [-0.1, -0.05) is 41.9 Å². The van der Waals surface area contributed by atoms with Crippen molar-refractivity contribution in [3.8, 4) is 0 Å². The van der Waals surface area contributed by atoms with Crippen LogP contribution in [0.15, 0.2) is 54.6 Å². The number of benzene rings is 2. The molecule has 0 spiro atoms. The van der Waals surface area contributed by atoms with Crippen LogP contribution in [0.5, 0.6) is 0 Å². The third-order valence-electron chi connectivity index (χ3n) is 4.45. The van der Waals surface area contributed by atoms with Gasteiger partial charge in [-0.05, 0) is 36.2 Å². The van der Waals surface area contributed by atoms with Gasteiger partial charge in [0.15, 0.2) is 0 Å². The van der Waals surface area contributed by atoms with Crippen LogP contribution in [0.3, 0.4) is 0 Å². The summed E-state index contributed by atoms with van der Waals surface area (Å²) in [5.74, 6) is -0.296. The molecular formula is C19H19ClN2O2. The van der Waals surface area contributed by atoms with E-state index < -0.39 is 0 Å². The Morgan fingerprint density at radius 3 is 2.46 bits per heavy atom. The molecule has 1 saturated heterocycles. The summed E-state index contributed by atoms with van der Waals surface area (Å²) < 4.78 is 0. The van der Waals surface area contributed by atoms with E-state index in [9.17, 15) is 9.59 Å². The van der Waals surface area contributed by atoms with Crippen molar-refractivity contribution in [1.82, 2.24) is 4.90 Å². The fourth-order valence-electron chi connectivity index (χ4n) is 3.19. The van der Waals surface area contributed by atoms with Crippen molar-refractivity contribution in [2.45, 2.75) is 18.9 Å². The Labute approximate surface area is 146 Å². The maximum atomic E-state index is 12.8. The topological polar surface area (TPSA) is 49.4 Å². The minimum absolute atomic E-state index is 0.0689. The van der Waals surface area contributed by atoms with Gasteiger partial charge in [0.2, 0.25) is 11.8 Å². The summed E-state index contributed by atoms with van der Waals surface area (Å²) in [6, 6.07) is 16.5. The third-order valence-corrected chi connectivity index (χ3v) is 4.70. The Hall–Kier alpha value is -2.33. The van der Waals surface area contributed by atoms with Gasteiger partial charge >= 0.3 is 0 Å². The van der Waals surface area contributed by atoms with Crippen molar-refractivity contribution in [2.24, 2.45) is 5.92 Å². The number of amides is 2. The lowest BCUT2D eigenvalue weighted by molar-refractivity contribution is -0.140. The SMILES string of the molecule is CN1C(=O)CC[C@@H](C(=O)Nc2ccc(Cl)cc2)[C@@H]1c1ccccc1. The molecule has 0 aliphatic carbocycles. The number of carbonyl (C=O) groups excluding carboxylic acids is 2. The zero-order valence-electron chi connectivity index (χ0n) is 13.4. The van der Waals surface area contributed by atoms with Crippen LogP contribution in [0.4, 0.5) is 5.69 Å². The van der Waals surface area contributed by atoms with Crippen molar-refractivity contribution in [2.75, 3.05) is 12.4 Å². The van der Waals surface area contributed by atoms with Gasteiger partial charge in [0.25, 0.3) is 0 Å². The molecule has 0 bridgehead atoms. The summed E-state index contributed by atoms with van der Waals surface area (Å²) in [4.78, 5) is 26.6. The number of hydrogen-bond acceptors (Lipinski definition) is 2. The normalized spacial score (nSPS) is 20.8. The first-order valence-electron chi connectivity index (χ1n) is 7.93. The van der Waals surface area contributed by atoms with Gasteiger partial charge in [-0.15, -0.1) is 0 Å². The van der Waals surface area contributed by atoms with Crippen molar-refractivity contribution in [1.29, 1.82) is 0 Å². The molecule has 1 N–H and O–H groups in total. The second kappa shape index (κ2) is 7.05. The van der Waals surface area contributed by atoms with E-state index in [1.165, 1.54) is 0 Å². The molecule has 4 nitrogen and oxygen atoms in total. The Balaban J connectivity index is 1.84. The first-order valence-corrected chi connectivity index (χ1v) is 8.31. The molecule has 0 aromatic heterocycles. The highest BCUT2D eigenvalue weighted by Crippen LogP contribution is 2.36. The fourth-order valence-corrected chi connectivity index (χ4v) is 3.31. The second-order valence-electron chi connectivity index (χ2n) is 6.00. The molecule has 0 saturated carbocycles. The van der Waals surface area contributed by atoms with Crippen LogP contribution in [0.1, 0.15) is 24.4 Å². The first-order chi connectivity index (χ1) is 11.6. The summed E-state index contributed by atoms with van der Waals surface area (Å²) in [6.45, 7) is 0. The minimum atomic E-state index is -0.286. The van der Waals surface area contributed by atoms with E-state index in [4.69, 9.17) is 11.6 Å². The van der Waals surface area contributed by atoms with Gasteiger partial charge in [0.05, 0.1) is 12.0 Å². The Morgan fingerprint density at radius 1 is 1.12 bits per heavy atom. The van der Waals surface area contributed by atoms with Gasteiger partial charge in [-0.3, -0.25) is 9.59 Å². The summed E-state index contributed by atoms with van der Waals surface area (Å²) in [5.41, 5.74) is 1.68. The van der Waals surface area contributed by atoms with Crippen molar-refractivity contribution in [3.63, 3.8) is 0 Å². The molecule has 1 heterocycles. The zero-order chi connectivity index (χ0) is 17.1. The van der Waals surface area contributed by atoms with Crippen LogP contribution < -0.4 is 5.32 Å². The number of nitrogens with one attached hydrogen (secondary N) is 1. The van der Waals surface area contributed by atoms with Gasteiger partial charge < -0.3 is 10.2 Å². The lowest BCUT2D eigenvalue weighted by atomic mass is 9.84. The van der Waals surface area contributed by atoms with Gasteiger partial charge in [0.1, 0.15) is 0 Å². The van der Waals surface area contributed by atoms with Gasteiger partial charge in [-0.25, -0.2) is 0 Å².